The van der Waals surface area contributed by atoms with E-state index in [0.717, 1.165) is 17.9 Å². The summed E-state index contributed by atoms with van der Waals surface area (Å²) in [6.45, 7) is 5.04. The van der Waals surface area contributed by atoms with E-state index < -0.39 is 0 Å². The molecule has 0 fully saturated rings. The molecule has 2 aromatic heterocycles. The quantitative estimate of drug-likeness (QED) is 0.764. The van der Waals surface area contributed by atoms with Crippen LogP contribution in [-0.2, 0) is 6.54 Å². The molecule has 1 unspecified atom stereocenters. The minimum atomic E-state index is 0.342. The van der Waals surface area contributed by atoms with E-state index in [1.165, 1.54) is 15.0 Å². The molecule has 20 heavy (non-hydrogen) atoms. The van der Waals surface area contributed by atoms with Crippen molar-refractivity contribution in [2.75, 3.05) is 0 Å². The first-order valence-electron chi connectivity index (χ1n) is 6.87. The molecule has 0 aliphatic carbocycles. The first-order chi connectivity index (χ1) is 9.72. The number of aromatic nitrogens is 1. The van der Waals surface area contributed by atoms with Gasteiger partial charge in [0, 0.05) is 27.9 Å². The van der Waals surface area contributed by atoms with Crippen LogP contribution in [0.3, 0.4) is 0 Å². The third kappa shape index (κ3) is 2.89. The topological polar surface area (TPSA) is 24.9 Å². The lowest BCUT2D eigenvalue weighted by Crippen LogP contribution is -2.17. The van der Waals surface area contributed by atoms with Crippen molar-refractivity contribution >= 4 is 21.4 Å². The van der Waals surface area contributed by atoms with Crippen LogP contribution in [0.5, 0.6) is 0 Å². The third-order valence-electron chi connectivity index (χ3n) is 3.41. The summed E-state index contributed by atoms with van der Waals surface area (Å²) in [6, 6.07) is 17.3. The van der Waals surface area contributed by atoms with E-state index in [2.05, 4.69) is 59.7 Å². The number of hydrogen-bond donors (Lipinski definition) is 1. The van der Waals surface area contributed by atoms with Gasteiger partial charge in [-0.25, -0.2) is 0 Å². The second-order valence-corrected chi connectivity index (χ2v) is 6.17. The van der Waals surface area contributed by atoms with Crippen molar-refractivity contribution < 1.29 is 0 Å². The number of fused-ring (bicyclic) bond motifs is 1. The molecule has 2 heterocycles. The zero-order chi connectivity index (χ0) is 13.9. The Bertz CT molecular complexity index is 685. The van der Waals surface area contributed by atoms with Crippen LogP contribution < -0.4 is 5.32 Å². The highest BCUT2D eigenvalue weighted by Gasteiger charge is 2.09. The van der Waals surface area contributed by atoms with Crippen LogP contribution in [0.2, 0.25) is 0 Å². The minimum Gasteiger partial charge on any atom is -0.304 e. The number of benzene rings is 1. The summed E-state index contributed by atoms with van der Waals surface area (Å²) >= 11 is 1.86. The predicted octanol–water partition coefficient (Wildman–Crippen LogP) is 4.46. The molecule has 2 nitrogen and oxygen atoms in total. The Morgan fingerprint density at radius 3 is 2.80 bits per heavy atom. The van der Waals surface area contributed by atoms with E-state index >= 15 is 0 Å². The molecular weight excluding hydrogens is 264 g/mol. The predicted molar refractivity (Wildman–Crippen MR) is 86.1 cm³/mol. The molecule has 0 saturated carbocycles. The summed E-state index contributed by atoms with van der Waals surface area (Å²) in [4.78, 5) is 5.90. The molecule has 1 atom stereocenters. The van der Waals surface area contributed by atoms with Gasteiger partial charge >= 0.3 is 0 Å². The van der Waals surface area contributed by atoms with Gasteiger partial charge in [0.2, 0.25) is 0 Å². The van der Waals surface area contributed by atoms with Crippen LogP contribution in [0.15, 0.2) is 48.5 Å². The van der Waals surface area contributed by atoms with Crippen molar-refractivity contribution in [2.45, 2.75) is 26.4 Å². The Balaban J connectivity index is 1.71. The summed E-state index contributed by atoms with van der Waals surface area (Å²) in [7, 11) is 0. The molecule has 0 saturated heterocycles. The largest absolute Gasteiger partial charge is 0.304 e. The van der Waals surface area contributed by atoms with Crippen molar-refractivity contribution in [1.82, 2.24) is 10.3 Å². The molecule has 0 bridgehead atoms. The molecule has 0 aliphatic heterocycles. The third-order valence-corrected chi connectivity index (χ3v) is 4.71. The molecule has 1 N–H and O–H groups in total. The molecule has 1 aromatic carbocycles. The Labute approximate surface area is 123 Å². The van der Waals surface area contributed by atoms with Crippen LogP contribution in [-0.4, -0.2) is 4.98 Å². The fourth-order valence-electron chi connectivity index (χ4n) is 2.27. The monoisotopic (exact) mass is 282 g/mol. The van der Waals surface area contributed by atoms with Gasteiger partial charge in [0.05, 0.1) is 5.69 Å². The van der Waals surface area contributed by atoms with Crippen molar-refractivity contribution in [2.24, 2.45) is 0 Å². The van der Waals surface area contributed by atoms with Gasteiger partial charge in [-0.05, 0) is 43.5 Å². The summed E-state index contributed by atoms with van der Waals surface area (Å²) in [6.07, 6.45) is 0. The van der Waals surface area contributed by atoms with Crippen molar-refractivity contribution in [3.05, 3.63) is 64.8 Å². The van der Waals surface area contributed by atoms with Crippen LogP contribution >= 0.6 is 11.3 Å². The van der Waals surface area contributed by atoms with Crippen molar-refractivity contribution in [1.29, 1.82) is 0 Å². The van der Waals surface area contributed by atoms with Crippen LogP contribution in [0.25, 0.3) is 10.1 Å². The first kappa shape index (κ1) is 13.3. The smallest absolute Gasteiger partial charge is 0.0545 e. The summed E-state index contributed by atoms with van der Waals surface area (Å²) < 4.78 is 1.35. The van der Waals surface area contributed by atoms with E-state index in [4.69, 9.17) is 0 Å². The Kier molecular flexibility index (Phi) is 3.81. The van der Waals surface area contributed by atoms with E-state index in [0.29, 0.717) is 6.04 Å². The van der Waals surface area contributed by atoms with E-state index in [1.807, 2.05) is 24.3 Å². The van der Waals surface area contributed by atoms with Gasteiger partial charge in [-0.1, -0.05) is 24.3 Å². The van der Waals surface area contributed by atoms with E-state index in [-0.39, 0.29) is 0 Å². The molecule has 0 radical (unpaired) electrons. The van der Waals surface area contributed by atoms with Crippen molar-refractivity contribution in [3.8, 4) is 0 Å². The lowest BCUT2D eigenvalue weighted by Gasteiger charge is -2.11. The standard InChI is InChI=1S/C17H18N2S/c1-12-6-5-8-15(19-12)11-18-13(2)17-10-14-7-3-4-9-16(14)20-17/h3-10,13,18H,11H2,1-2H3. The first-order valence-corrected chi connectivity index (χ1v) is 7.68. The highest BCUT2D eigenvalue weighted by molar-refractivity contribution is 7.19. The second-order valence-electron chi connectivity index (χ2n) is 5.06. The minimum absolute atomic E-state index is 0.342. The van der Waals surface area contributed by atoms with Gasteiger partial charge in [-0.15, -0.1) is 11.3 Å². The van der Waals surface area contributed by atoms with Gasteiger partial charge in [-0.2, -0.15) is 0 Å². The average Bonchev–Trinajstić information content (AvgIpc) is 2.89. The number of thiophene rings is 1. The van der Waals surface area contributed by atoms with Gasteiger partial charge in [0.1, 0.15) is 0 Å². The number of nitrogens with one attached hydrogen (secondary N) is 1. The van der Waals surface area contributed by atoms with Gasteiger partial charge in [0.25, 0.3) is 0 Å². The molecule has 3 heteroatoms. The maximum atomic E-state index is 4.52. The SMILES string of the molecule is Cc1cccc(CNC(C)c2cc3ccccc3s2)n1. The molecule has 3 aromatic rings. The lowest BCUT2D eigenvalue weighted by molar-refractivity contribution is 0.575. The molecule has 0 amide bonds. The molecular formula is C17H18N2S. The van der Waals surface area contributed by atoms with Gasteiger partial charge < -0.3 is 5.32 Å². The number of nitrogens with zero attached hydrogens (tertiary/aromatic N) is 1. The fourth-order valence-corrected chi connectivity index (χ4v) is 3.36. The second kappa shape index (κ2) is 5.73. The summed E-state index contributed by atoms with van der Waals surface area (Å²) in [5, 5.41) is 4.88. The number of aryl methyl sites for hydroxylation is 1. The fraction of sp³-hybridized carbons (Fsp3) is 0.235. The summed E-state index contributed by atoms with van der Waals surface area (Å²) in [5.74, 6) is 0. The Hall–Kier alpha value is -1.71. The van der Waals surface area contributed by atoms with Crippen LogP contribution in [0.1, 0.15) is 29.2 Å². The van der Waals surface area contributed by atoms with E-state index in [1.54, 1.807) is 0 Å². The van der Waals surface area contributed by atoms with Crippen LogP contribution in [0.4, 0.5) is 0 Å². The molecule has 0 aliphatic rings. The molecule has 0 spiro atoms. The zero-order valence-electron chi connectivity index (χ0n) is 11.8. The molecule has 102 valence electrons. The summed E-state index contributed by atoms with van der Waals surface area (Å²) in [5.41, 5.74) is 2.16. The van der Waals surface area contributed by atoms with Crippen molar-refractivity contribution in [3.63, 3.8) is 0 Å². The Morgan fingerprint density at radius 1 is 1.15 bits per heavy atom. The Morgan fingerprint density at radius 2 is 2.00 bits per heavy atom. The number of pyridine rings is 1. The molecule has 3 rings (SSSR count). The van der Waals surface area contributed by atoms with Crippen LogP contribution in [0, 0.1) is 6.92 Å². The number of rotatable bonds is 4. The lowest BCUT2D eigenvalue weighted by atomic mass is 10.2. The average molecular weight is 282 g/mol. The maximum Gasteiger partial charge on any atom is 0.0545 e. The highest BCUT2D eigenvalue weighted by Crippen LogP contribution is 2.29. The number of hydrogen-bond acceptors (Lipinski definition) is 3. The zero-order valence-corrected chi connectivity index (χ0v) is 12.6. The van der Waals surface area contributed by atoms with Gasteiger partial charge in [-0.3, -0.25) is 4.98 Å². The maximum absolute atomic E-state index is 4.52. The van der Waals surface area contributed by atoms with E-state index in [9.17, 15) is 0 Å². The normalized spacial score (nSPS) is 12.7. The highest BCUT2D eigenvalue weighted by atomic mass is 32.1. The van der Waals surface area contributed by atoms with Gasteiger partial charge in [0.15, 0.2) is 0 Å².